The third-order valence-corrected chi connectivity index (χ3v) is 3.20. The number of benzene rings is 2. The Labute approximate surface area is 131 Å². The zero-order valence-electron chi connectivity index (χ0n) is 13.2. The lowest BCUT2D eigenvalue weighted by atomic mass is 10.1. The summed E-state index contributed by atoms with van der Waals surface area (Å²) in [7, 11) is 0. The molecule has 0 fully saturated rings. The van der Waals surface area contributed by atoms with E-state index in [0.717, 1.165) is 11.3 Å². The number of amides is 1. The van der Waals surface area contributed by atoms with Crippen LogP contribution in [-0.2, 0) is 0 Å². The first kappa shape index (κ1) is 15.9. The van der Waals surface area contributed by atoms with Crippen molar-refractivity contribution in [2.45, 2.75) is 20.8 Å². The zero-order valence-corrected chi connectivity index (χ0v) is 13.2. The molecule has 0 aliphatic rings. The van der Waals surface area contributed by atoms with Gasteiger partial charge in [0.15, 0.2) is 11.5 Å². The second-order valence-electron chi connectivity index (χ2n) is 4.80. The number of nitrogens with one attached hydrogen (secondary N) is 1. The summed E-state index contributed by atoms with van der Waals surface area (Å²) in [6.07, 6.45) is 0. The second kappa shape index (κ2) is 7.50. The van der Waals surface area contributed by atoms with Crippen LogP contribution in [-0.4, -0.2) is 19.1 Å². The average molecular weight is 299 g/mol. The fourth-order valence-electron chi connectivity index (χ4n) is 2.10. The van der Waals surface area contributed by atoms with Crippen molar-refractivity contribution in [2.75, 3.05) is 18.5 Å². The van der Waals surface area contributed by atoms with Gasteiger partial charge < -0.3 is 14.8 Å². The lowest BCUT2D eigenvalue weighted by molar-refractivity contribution is 0.102. The largest absolute Gasteiger partial charge is 0.490 e. The van der Waals surface area contributed by atoms with Gasteiger partial charge in [0.1, 0.15) is 0 Å². The third-order valence-electron chi connectivity index (χ3n) is 3.20. The lowest BCUT2D eigenvalue weighted by Gasteiger charge is -2.13. The molecule has 0 radical (unpaired) electrons. The Kier molecular flexibility index (Phi) is 5.42. The van der Waals surface area contributed by atoms with Gasteiger partial charge >= 0.3 is 0 Å². The summed E-state index contributed by atoms with van der Waals surface area (Å²) in [4.78, 5) is 12.4. The maximum Gasteiger partial charge on any atom is 0.255 e. The van der Waals surface area contributed by atoms with Gasteiger partial charge in [0.25, 0.3) is 5.91 Å². The van der Waals surface area contributed by atoms with Gasteiger partial charge in [-0.05, 0) is 50.6 Å². The van der Waals surface area contributed by atoms with Crippen molar-refractivity contribution in [1.82, 2.24) is 0 Å². The molecule has 2 aromatic rings. The molecule has 0 spiro atoms. The summed E-state index contributed by atoms with van der Waals surface area (Å²) in [6, 6.07) is 12.9. The lowest BCUT2D eigenvalue weighted by Crippen LogP contribution is -2.13. The molecule has 0 unspecified atom stereocenters. The van der Waals surface area contributed by atoms with E-state index in [2.05, 4.69) is 5.32 Å². The SMILES string of the molecule is CCOc1ccc(C(=O)Nc2ccccc2C)cc1OCC. The Morgan fingerprint density at radius 2 is 1.68 bits per heavy atom. The predicted molar refractivity (Wildman–Crippen MR) is 87.9 cm³/mol. The highest BCUT2D eigenvalue weighted by molar-refractivity contribution is 6.05. The van der Waals surface area contributed by atoms with Gasteiger partial charge in [-0.25, -0.2) is 0 Å². The Morgan fingerprint density at radius 3 is 2.36 bits per heavy atom. The standard InChI is InChI=1S/C18H21NO3/c1-4-21-16-11-10-14(12-17(16)22-5-2)18(20)19-15-9-7-6-8-13(15)3/h6-12H,4-5H2,1-3H3,(H,19,20). The Morgan fingerprint density at radius 1 is 1.00 bits per heavy atom. The number of hydrogen-bond acceptors (Lipinski definition) is 3. The fourth-order valence-corrected chi connectivity index (χ4v) is 2.10. The summed E-state index contributed by atoms with van der Waals surface area (Å²) < 4.78 is 11.1. The van der Waals surface area contributed by atoms with Crippen LogP contribution in [0.5, 0.6) is 11.5 Å². The number of hydrogen-bond donors (Lipinski definition) is 1. The van der Waals surface area contributed by atoms with Gasteiger partial charge in [0.05, 0.1) is 13.2 Å². The molecule has 116 valence electrons. The smallest absolute Gasteiger partial charge is 0.255 e. The van der Waals surface area contributed by atoms with Gasteiger partial charge in [0.2, 0.25) is 0 Å². The van der Waals surface area contributed by atoms with E-state index in [1.54, 1.807) is 18.2 Å². The normalized spacial score (nSPS) is 10.1. The third kappa shape index (κ3) is 3.79. The van der Waals surface area contributed by atoms with Crippen molar-refractivity contribution in [1.29, 1.82) is 0 Å². The molecule has 0 aliphatic carbocycles. The zero-order chi connectivity index (χ0) is 15.9. The van der Waals surface area contributed by atoms with Crippen LogP contribution in [0.4, 0.5) is 5.69 Å². The van der Waals surface area contributed by atoms with Crippen molar-refractivity contribution >= 4 is 11.6 Å². The summed E-state index contributed by atoms with van der Waals surface area (Å²) in [5.41, 5.74) is 2.36. The van der Waals surface area contributed by atoms with Crippen LogP contribution in [0.15, 0.2) is 42.5 Å². The van der Waals surface area contributed by atoms with E-state index in [1.165, 1.54) is 0 Å². The maximum atomic E-state index is 12.4. The molecule has 0 aliphatic heterocycles. The number of aryl methyl sites for hydroxylation is 1. The highest BCUT2D eigenvalue weighted by atomic mass is 16.5. The van der Waals surface area contributed by atoms with Crippen molar-refractivity contribution in [3.8, 4) is 11.5 Å². The first-order valence-electron chi connectivity index (χ1n) is 7.42. The van der Waals surface area contributed by atoms with E-state index in [9.17, 15) is 4.79 Å². The van der Waals surface area contributed by atoms with Crippen LogP contribution < -0.4 is 14.8 Å². The second-order valence-corrected chi connectivity index (χ2v) is 4.80. The van der Waals surface area contributed by atoms with Crippen LogP contribution in [0, 0.1) is 6.92 Å². The van der Waals surface area contributed by atoms with Gasteiger partial charge in [-0.1, -0.05) is 18.2 Å². The number of para-hydroxylation sites is 1. The van der Waals surface area contributed by atoms with E-state index in [0.29, 0.717) is 30.3 Å². The summed E-state index contributed by atoms with van der Waals surface area (Å²) in [5, 5.41) is 2.91. The first-order valence-corrected chi connectivity index (χ1v) is 7.42. The summed E-state index contributed by atoms with van der Waals surface area (Å²) in [6.45, 7) is 6.83. The van der Waals surface area contributed by atoms with Crippen molar-refractivity contribution in [3.05, 3.63) is 53.6 Å². The molecule has 2 rings (SSSR count). The number of carbonyl (C=O) groups is 1. The van der Waals surface area contributed by atoms with Crippen molar-refractivity contribution in [3.63, 3.8) is 0 Å². The number of rotatable bonds is 6. The Bertz CT molecular complexity index is 653. The molecule has 0 aromatic heterocycles. The molecule has 1 N–H and O–H groups in total. The van der Waals surface area contributed by atoms with E-state index in [-0.39, 0.29) is 5.91 Å². The molecule has 2 aromatic carbocycles. The Hall–Kier alpha value is -2.49. The van der Waals surface area contributed by atoms with Crippen LogP contribution >= 0.6 is 0 Å². The molecule has 0 saturated heterocycles. The number of carbonyl (C=O) groups excluding carboxylic acids is 1. The minimum absolute atomic E-state index is 0.168. The molecule has 0 heterocycles. The summed E-state index contributed by atoms with van der Waals surface area (Å²) in [5.74, 6) is 1.07. The molecule has 4 heteroatoms. The van der Waals surface area contributed by atoms with E-state index in [4.69, 9.17) is 9.47 Å². The first-order chi connectivity index (χ1) is 10.7. The van der Waals surface area contributed by atoms with E-state index >= 15 is 0 Å². The van der Waals surface area contributed by atoms with Crippen LogP contribution in [0.3, 0.4) is 0 Å². The average Bonchev–Trinajstić information content (AvgIpc) is 2.51. The molecule has 4 nitrogen and oxygen atoms in total. The van der Waals surface area contributed by atoms with Crippen LogP contribution in [0.25, 0.3) is 0 Å². The topological polar surface area (TPSA) is 47.6 Å². The monoisotopic (exact) mass is 299 g/mol. The molecule has 1 amide bonds. The van der Waals surface area contributed by atoms with E-state index in [1.807, 2.05) is 45.0 Å². The molecule has 0 atom stereocenters. The van der Waals surface area contributed by atoms with E-state index < -0.39 is 0 Å². The predicted octanol–water partition coefficient (Wildman–Crippen LogP) is 4.04. The molecular weight excluding hydrogens is 278 g/mol. The van der Waals surface area contributed by atoms with Gasteiger partial charge in [-0.3, -0.25) is 4.79 Å². The molecule has 22 heavy (non-hydrogen) atoms. The van der Waals surface area contributed by atoms with Gasteiger partial charge in [0, 0.05) is 11.3 Å². The fraction of sp³-hybridized carbons (Fsp3) is 0.278. The maximum absolute atomic E-state index is 12.4. The van der Waals surface area contributed by atoms with Crippen LogP contribution in [0.2, 0.25) is 0 Å². The minimum atomic E-state index is -0.168. The Balaban J connectivity index is 2.22. The summed E-state index contributed by atoms with van der Waals surface area (Å²) >= 11 is 0. The van der Waals surface area contributed by atoms with Crippen molar-refractivity contribution in [2.24, 2.45) is 0 Å². The number of anilines is 1. The molecular formula is C18H21NO3. The highest BCUT2D eigenvalue weighted by Crippen LogP contribution is 2.29. The van der Waals surface area contributed by atoms with Crippen LogP contribution in [0.1, 0.15) is 29.8 Å². The highest BCUT2D eigenvalue weighted by Gasteiger charge is 2.12. The van der Waals surface area contributed by atoms with Gasteiger partial charge in [-0.15, -0.1) is 0 Å². The minimum Gasteiger partial charge on any atom is -0.490 e. The van der Waals surface area contributed by atoms with Crippen molar-refractivity contribution < 1.29 is 14.3 Å². The van der Waals surface area contributed by atoms with Gasteiger partial charge in [-0.2, -0.15) is 0 Å². The molecule has 0 saturated carbocycles. The quantitative estimate of drug-likeness (QED) is 0.875. The molecule has 0 bridgehead atoms. The number of ether oxygens (including phenoxy) is 2.